The van der Waals surface area contributed by atoms with E-state index in [1.54, 1.807) is 47.6 Å². The molecule has 0 bridgehead atoms. The number of rotatable bonds is 5. The number of benzene rings is 2. The normalized spacial score (nSPS) is 13.8. The smallest absolute Gasteiger partial charge is 0.270 e. The summed E-state index contributed by atoms with van der Waals surface area (Å²) in [5, 5.41) is 14.5. The molecular weight excluding hydrogens is 406 g/mol. The summed E-state index contributed by atoms with van der Waals surface area (Å²) in [6.07, 6.45) is 8.26. The number of imidazole rings is 1. The minimum Gasteiger partial charge on any atom is -0.371 e. The number of nitrogens with zero attached hydrogens (tertiary/aromatic N) is 4. The van der Waals surface area contributed by atoms with Crippen molar-refractivity contribution in [3.8, 4) is 5.69 Å². The Morgan fingerprint density at radius 1 is 1.10 bits per heavy atom. The van der Waals surface area contributed by atoms with Crippen LogP contribution in [0.15, 0.2) is 55.1 Å². The van der Waals surface area contributed by atoms with Gasteiger partial charge in [-0.15, -0.1) is 0 Å². The SMILES string of the molecule is O=C(Nc1ccc(-n2ccnc2)c(Cl)c1)c1cc([N+](=O)[O-])ccc1N1CCCCC1. The summed E-state index contributed by atoms with van der Waals surface area (Å²) in [7, 11) is 0. The molecule has 3 aromatic rings. The van der Waals surface area contributed by atoms with E-state index in [-0.39, 0.29) is 11.3 Å². The van der Waals surface area contributed by atoms with Crippen LogP contribution in [0.3, 0.4) is 0 Å². The van der Waals surface area contributed by atoms with E-state index in [0.29, 0.717) is 16.4 Å². The van der Waals surface area contributed by atoms with Crippen LogP contribution >= 0.6 is 11.6 Å². The molecule has 0 saturated carbocycles. The third-order valence-corrected chi connectivity index (χ3v) is 5.42. The van der Waals surface area contributed by atoms with E-state index in [1.807, 2.05) is 0 Å². The Kier molecular flexibility index (Phi) is 5.67. The Labute approximate surface area is 178 Å². The van der Waals surface area contributed by atoms with Crippen LogP contribution in [0, 0.1) is 10.1 Å². The summed E-state index contributed by atoms with van der Waals surface area (Å²) in [6.45, 7) is 1.65. The molecule has 0 radical (unpaired) electrons. The number of amides is 1. The summed E-state index contributed by atoms with van der Waals surface area (Å²) >= 11 is 6.37. The van der Waals surface area contributed by atoms with Crippen LogP contribution in [-0.2, 0) is 0 Å². The van der Waals surface area contributed by atoms with Crippen LogP contribution in [0.25, 0.3) is 5.69 Å². The summed E-state index contributed by atoms with van der Waals surface area (Å²) in [5.41, 5.74) is 2.11. The molecule has 0 spiro atoms. The number of nitro groups is 1. The molecule has 1 aliphatic heterocycles. The Morgan fingerprint density at radius 3 is 2.53 bits per heavy atom. The largest absolute Gasteiger partial charge is 0.371 e. The average Bonchev–Trinajstić information content (AvgIpc) is 3.28. The Hall–Kier alpha value is -3.39. The Morgan fingerprint density at radius 2 is 1.87 bits per heavy atom. The van der Waals surface area contributed by atoms with Crippen molar-refractivity contribution in [2.24, 2.45) is 0 Å². The lowest BCUT2D eigenvalue weighted by Crippen LogP contribution is -2.31. The quantitative estimate of drug-likeness (QED) is 0.473. The van der Waals surface area contributed by atoms with Gasteiger partial charge in [0.2, 0.25) is 0 Å². The van der Waals surface area contributed by atoms with E-state index in [0.717, 1.165) is 38.0 Å². The molecule has 1 amide bonds. The maximum atomic E-state index is 13.1. The number of hydrogen-bond acceptors (Lipinski definition) is 5. The van der Waals surface area contributed by atoms with Gasteiger partial charge in [0.05, 0.1) is 33.2 Å². The van der Waals surface area contributed by atoms with Gasteiger partial charge in [0.15, 0.2) is 0 Å². The fraction of sp³-hybridized carbons (Fsp3) is 0.238. The molecule has 4 rings (SSSR count). The number of halogens is 1. The van der Waals surface area contributed by atoms with Crippen LogP contribution in [0.5, 0.6) is 0 Å². The minimum atomic E-state index is -0.493. The molecule has 1 saturated heterocycles. The molecule has 1 N–H and O–H groups in total. The predicted octanol–water partition coefficient (Wildman–Crippen LogP) is 4.68. The van der Waals surface area contributed by atoms with Crippen LogP contribution in [0.4, 0.5) is 17.1 Å². The molecule has 0 aliphatic carbocycles. The fourth-order valence-corrected chi connectivity index (χ4v) is 3.90. The minimum absolute atomic E-state index is 0.116. The molecule has 2 heterocycles. The van der Waals surface area contributed by atoms with E-state index in [2.05, 4.69) is 15.2 Å². The monoisotopic (exact) mass is 425 g/mol. The molecule has 154 valence electrons. The summed E-state index contributed by atoms with van der Waals surface area (Å²) in [5.74, 6) is -0.411. The molecule has 0 unspecified atom stereocenters. The molecule has 9 heteroatoms. The van der Waals surface area contributed by atoms with Crippen molar-refractivity contribution in [3.05, 3.63) is 75.8 Å². The van der Waals surface area contributed by atoms with Crippen LogP contribution in [-0.4, -0.2) is 33.5 Å². The number of carbonyl (C=O) groups excluding carboxylic acids is 1. The van der Waals surface area contributed by atoms with Crippen LogP contribution < -0.4 is 10.2 Å². The first-order chi connectivity index (χ1) is 14.5. The highest BCUT2D eigenvalue weighted by molar-refractivity contribution is 6.32. The molecule has 1 aliphatic rings. The van der Waals surface area contributed by atoms with E-state index in [4.69, 9.17) is 11.6 Å². The second-order valence-electron chi connectivity index (χ2n) is 7.10. The maximum Gasteiger partial charge on any atom is 0.270 e. The van der Waals surface area contributed by atoms with Crippen molar-refractivity contribution >= 4 is 34.6 Å². The third kappa shape index (κ3) is 4.13. The number of nitrogens with one attached hydrogen (secondary N) is 1. The highest BCUT2D eigenvalue weighted by atomic mass is 35.5. The maximum absolute atomic E-state index is 13.1. The molecule has 30 heavy (non-hydrogen) atoms. The van der Waals surface area contributed by atoms with E-state index in [9.17, 15) is 14.9 Å². The molecule has 2 aromatic carbocycles. The van der Waals surface area contributed by atoms with Crippen LogP contribution in [0.2, 0.25) is 5.02 Å². The molecular formula is C21H20ClN5O3. The van der Waals surface area contributed by atoms with Gasteiger partial charge in [0.25, 0.3) is 11.6 Å². The molecule has 1 aromatic heterocycles. The predicted molar refractivity (Wildman–Crippen MR) is 116 cm³/mol. The first-order valence-electron chi connectivity index (χ1n) is 9.65. The first-order valence-corrected chi connectivity index (χ1v) is 10.0. The van der Waals surface area contributed by atoms with E-state index < -0.39 is 10.8 Å². The van der Waals surface area contributed by atoms with Gasteiger partial charge in [-0.25, -0.2) is 4.98 Å². The zero-order valence-electron chi connectivity index (χ0n) is 16.1. The second kappa shape index (κ2) is 8.54. The highest BCUT2D eigenvalue weighted by Gasteiger charge is 2.22. The number of non-ortho nitro benzene ring substituents is 1. The average molecular weight is 426 g/mol. The highest BCUT2D eigenvalue weighted by Crippen LogP contribution is 2.30. The Balaban J connectivity index is 1.62. The molecule has 8 nitrogen and oxygen atoms in total. The topological polar surface area (TPSA) is 93.3 Å². The van der Waals surface area contributed by atoms with Crippen molar-refractivity contribution < 1.29 is 9.72 Å². The van der Waals surface area contributed by atoms with Crippen molar-refractivity contribution in [2.45, 2.75) is 19.3 Å². The van der Waals surface area contributed by atoms with Crippen molar-refractivity contribution in [3.63, 3.8) is 0 Å². The van der Waals surface area contributed by atoms with Gasteiger partial charge in [-0.05, 0) is 43.5 Å². The zero-order valence-corrected chi connectivity index (χ0v) is 16.9. The fourth-order valence-electron chi connectivity index (χ4n) is 3.62. The van der Waals surface area contributed by atoms with Gasteiger partial charge in [-0.2, -0.15) is 0 Å². The number of aromatic nitrogens is 2. The van der Waals surface area contributed by atoms with Gasteiger partial charge in [-0.1, -0.05) is 11.6 Å². The van der Waals surface area contributed by atoms with Gasteiger partial charge in [0.1, 0.15) is 0 Å². The van der Waals surface area contributed by atoms with Crippen molar-refractivity contribution in [1.29, 1.82) is 0 Å². The lowest BCUT2D eigenvalue weighted by atomic mass is 10.1. The second-order valence-corrected chi connectivity index (χ2v) is 7.50. The summed E-state index contributed by atoms with van der Waals surface area (Å²) in [6, 6.07) is 9.59. The number of piperidine rings is 1. The zero-order chi connectivity index (χ0) is 21.1. The van der Waals surface area contributed by atoms with Gasteiger partial charge >= 0.3 is 0 Å². The number of anilines is 2. The van der Waals surface area contributed by atoms with Gasteiger partial charge in [0, 0.05) is 43.3 Å². The summed E-state index contributed by atoms with van der Waals surface area (Å²) < 4.78 is 1.77. The molecule has 0 atom stereocenters. The van der Waals surface area contributed by atoms with Crippen molar-refractivity contribution in [1.82, 2.24) is 9.55 Å². The van der Waals surface area contributed by atoms with Gasteiger partial charge in [-0.3, -0.25) is 14.9 Å². The lowest BCUT2D eigenvalue weighted by molar-refractivity contribution is -0.384. The number of carbonyl (C=O) groups is 1. The van der Waals surface area contributed by atoms with Gasteiger partial charge < -0.3 is 14.8 Å². The Bertz CT molecular complexity index is 1080. The van der Waals surface area contributed by atoms with Crippen LogP contribution in [0.1, 0.15) is 29.6 Å². The molecule has 1 fully saturated rings. The third-order valence-electron chi connectivity index (χ3n) is 5.12. The van der Waals surface area contributed by atoms with E-state index in [1.165, 1.54) is 12.1 Å². The summed E-state index contributed by atoms with van der Waals surface area (Å²) in [4.78, 5) is 29.9. The standard InChI is InChI=1S/C21H20ClN5O3/c22-18-12-15(4-6-20(18)26-11-8-23-14-26)24-21(28)17-13-16(27(29)30)5-7-19(17)25-9-2-1-3-10-25/h4-8,11-14H,1-3,9-10H2,(H,24,28). The number of hydrogen-bond donors (Lipinski definition) is 1. The van der Waals surface area contributed by atoms with E-state index >= 15 is 0 Å². The lowest BCUT2D eigenvalue weighted by Gasteiger charge is -2.30. The van der Waals surface area contributed by atoms with Crippen molar-refractivity contribution in [2.75, 3.05) is 23.3 Å². The first kappa shape index (κ1) is 19.9. The number of nitro benzene ring substituents is 1.